The van der Waals surface area contributed by atoms with E-state index in [-0.39, 0.29) is 31.3 Å². The van der Waals surface area contributed by atoms with Gasteiger partial charge in [0.15, 0.2) is 0 Å². The van der Waals surface area contributed by atoms with Gasteiger partial charge in [0.25, 0.3) is 0 Å². The second kappa shape index (κ2) is 13.0. The molecular formula is C31H34BNO6. The molecule has 7 nitrogen and oxygen atoms in total. The summed E-state index contributed by atoms with van der Waals surface area (Å²) in [6.07, 6.45) is 0.215. The van der Waals surface area contributed by atoms with Crippen LogP contribution in [0.3, 0.4) is 0 Å². The van der Waals surface area contributed by atoms with Crippen molar-refractivity contribution in [3.63, 3.8) is 0 Å². The van der Waals surface area contributed by atoms with Crippen molar-refractivity contribution in [3.8, 4) is 11.5 Å². The molecule has 0 spiro atoms. The third kappa shape index (κ3) is 6.70. The Morgan fingerprint density at radius 1 is 0.872 bits per heavy atom. The summed E-state index contributed by atoms with van der Waals surface area (Å²) in [5, 5.41) is 3.88. The number of methoxy groups -OCH3 is 2. The Kier molecular flexibility index (Phi) is 9.43. The molecule has 0 bridgehead atoms. The molecule has 3 aromatic carbocycles. The molecule has 1 aliphatic rings. The van der Waals surface area contributed by atoms with Gasteiger partial charge in [-0.15, -0.1) is 0 Å². The standard InChI is InChI=1S/C31H34BNO6/c1-21(34)9-18-30(35)38-20-28-27(19-29(32)39-28)33-31(22-7-5-4-6-8-22,23-10-14-25(36-2)15-11-23)24-12-16-26(37-3)17-13-24/h4-8,10-17,27-29,33H,9,18-20H2,1-3H3. The van der Waals surface area contributed by atoms with Crippen molar-refractivity contribution < 1.29 is 28.5 Å². The highest BCUT2D eigenvalue weighted by atomic mass is 16.6. The van der Waals surface area contributed by atoms with Gasteiger partial charge < -0.3 is 23.7 Å². The van der Waals surface area contributed by atoms with Gasteiger partial charge >= 0.3 is 5.97 Å². The van der Waals surface area contributed by atoms with Crippen LogP contribution in [0.2, 0.25) is 0 Å². The van der Waals surface area contributed by atoms with Crippen molar-refractivity contribution in [2.75, 3.05) is 20.8 Å². The van der Waals surface area contributed by atoms with E-state index < -0.39 is 23.6 Å². The first-order valence-corrected chi connectivity index (χ1v) is 13.0. The van der Waals surface area contributed by atoms with Crippen molar-refractivity contribution in [2.45, 2.75) is 49.9 Å². The number of ether oxygens (including phenoxy) is 4. The third-order valence-electron chi connectivity index (χ3n) is 7.03. The van der Waals surface area contributed by atoms with Crippen molar-refractivity contribution in [1.82, 2.24) is 5.32 Å². The van der Waals surface area contributed by atoms with Crippen LogP contribution in [-0.4, -0.2) is 58.6 Å². The molecule has 1 saturated heterocycles. The molecule has 4 rings (SSSR count). The Morgan fingerprint density at radius 3 is 1.92 bits per heavy atom. The van der Waals surface area contributed by atoms with Gasteiger partial charge in [-0.3, -0.25) is 10.1 Å². The molecule has 1 heterocycles. The number of ketones is 1. The number of benzene rings is 3. The van der Waals surface area contributed by atoms with E-state index >= 15 is 0 Å². The molecule has 1 fully saturated rings. The first-order valence-electron chi connectivity index (χ1n) is 13.0. The highest BCUT2D eigenvalue weighted by molar-refractivity contribution is 6.11. The molecule has 3 unspecified atom stereocenters. The summed E-state index contributed by atoms with van der Waals surface area (Å²) >= 11 is 0. The molecular weight excluding hydrogens is 493 g/mol. The van der Waals surface area contributed by atoms with Crippen LogP contribution < -0.4 is 14.8 Å². The predicted molar refractivity (Wildman–Crippen MR) is 149 cm³/mol. The fourth-order valence-corrected chi connectivity index (χ4v) is 5.01. The molecule has 39 heavy (non-hydrogen) atoms. The zero-order valence-corrected chi connectivity index (χ0v) is 22.6. The van der Waals surface area contributed by atoms with E-state index in [4.69, 9.17) is 26.8 Å². The van der Waals surface area contributed by atoms with Gasteiger partial charge in [0.05, 0.1) is 26.2 Å². The summed E-state index contributed by atoms with van der Waals surface area (Å²) < 4.78 is 22.4. The van der Waals surface area contributed by atoms with E-state index in [0.29, 0.717) is 6.42 Å². The van der Waals surface area contributed by atoms with Gasteiger partial charge in [-0.25, -0.2) is 0 Å². The number of esters is 1. The van der Waals surface area contributed by atoms with E-state index in [0.717, 1.165) is 28.2 Å². The Hall–Kier alpha value is -3.62. The predicted octanol–water partition coefficient (Wildman–Crippen LogP) is 4.15. The Labute approximate surface area is 231 Å². The summed E-state index contributed by atoms with van der Waals surface area (Å²) in [6, 6.07) is 25.2. The second-order valence-corrected chi connectivity index (χ2v) is 9.66. The van der Waals surface area contributed by atoms with Gasteiger partial charge in [0.1, 0.15) is 37.8 Å². The first kappa shape index (κ1) is 28.4. The summed E-state index contributed by atoms with van der Waals surface area (Å²) in [7, 11) is 9.53. The van der Waals surface area contributed by atoms with Crippen LogP contribution in [0.25, 0.3) is 0 Å². The van der Waals surface area contributed by atoms with Crippen molar-refractivity contribution >= 4 is 19.6 Å². The van der Waals surface area contributed by atoms with Crippen LogP contribution in [0.1, 0.15) is 42.9 Å². The molecule has 0 aromatic heterocycles. The van der Waals surface area contributed by atoms with Crippen LogP contribution in [0.5, 0.6) is 11.5 Å². The van der Waals surface area contributed by atoms with Gasteiger partial charge in [-0.2, -0.15) is 0 Å². The molecule has 1 N–H and O–H groups in total. The number of nitrogens with one attached hydrogen (secondary N) is 1. The van der Waals surface area contributed by atoms with Gasteiger partial charge in [0.2, 0.25) is 0 Å². The van der Waals surface area contributed by atoms with E-state index in [1.165, 1.54) is 6.92 Å². The lowest BCUT2D eigenvalue weighted by Crippen LogP contribution is -2.53. The molecule has 3 atom stereocenters. The third-order valence-corrected chi connectivity index (χ3v) is 7.03. The Morgan fingerprint density at radius 2 is 1.41 bits per heavy atom. The minimum atomic E-state index is -0.811. The van der Waals surface area contributed by atoms with E-state index in [9.17, 15) is 9.59 Å². The summed E-state index contributed by atoms with van der Waals surface area (Å²) in [6.45, 7) is 1.48. The minimum absolute atomic E-state index is 0.0260. The molecule has 3 aromatic rings. The quantitative estimate of drug-likeness (QED) is 0.215. The molecule has 8 heteroatoms. The number of carbonyl (C=O) groups is 2. The van der Waals surface area contributed by atoms with Crippen LogP contribution in [-0.2, 0) is 24.6 Å². The van der Waals surface area contributed by atoms with E-state index in [1.54, 1.807) is 14.2 Å². The Bertz CT molecular complexity index is 1180. The fourth-order valence-electron chi connectivity index (χ4n) is 5.01. The smallest absolute Gasteiger partial charge is 0.306 e. The maximum absolute atomic E-state index is 12.3. The van der Waals surface area contributed by atoms with Crippen LogP contribution >= 0.6 is 0 Å². The van der Waals surface area contributed by atoms with E-state index in [2.05, 4.69) is 17.4 Å². The maximum Gasteiger partial charge on any atom is 0.306 e. The monoisotopic (exact) mass is 527 g/mol. The average Bonchev–Trinajstić information content (AvgIpc) is 3.32. The number of carbonyl (C=O) groups excluding carboxylic acids is 2. The number of hydrogen-bond acceptors (Lipinski definition) is 7. The molecule has 0 saturated carbocycles. The summed E-state index contributed by atoms with van der Waals surface area (Å²) in [5.74, 6) is 0.999. The highest BCUT2D eigenvalue weighted by Crippen LogP contribution is 2.40. The van der Waals surface area contributed by atoms with Crippen molar-refractivity contribution in [1.29, 1.82) is 0 Å². The van der Waals surface area contributed by atoms with Gasteiger partial charge in [-0.05, 0) is 54.3 Å². The number of Topliss-reactive ketones (excluding diaryl/α,β-unsaturated/α-hetero) is 1. The fraction of sp³-hybridized carbons (Fsp3) is 0.355. The Balaban J connectivity index is 1.75. The zero-order valence-electron chi connectivity index (χ0n) is 22.6. The zero-order chi connectivity index (χ0) is 27.8. The second-order valence-electron chi connectivity index (χ2n) is 9.66. The number of hydrogen-bond donors (Lipinski definition) is 1. The van der Waals surface area contributed by atoms with Crippen LogP contribution in [0.4, 0.5) is 0 Å². The van der Waals surface area contributed by atoms with Gasteiger partial charge in [0, 0.05) is 18.5 Å². The molecule has 0 amide bonds. The number of rotatable bonds is 12. The summed E-state index contributed by atoms with van der Waals surface area (Å²) in [5.41, 5.74) is 2.17. The molecule has 2 radical (unpaired) electrons. The highest BCUT2D eigenvalue weighted by Gasteiger charge is 2.43. The van der Waals surface area contributed by atoms with Gasteiger partial charge in [-0.1, -0.05) is 54.6 Å². The lowest BCUT2D eigenvalue weighted by atomic mass is 9.75. The first-order chi connectivity index (χ1) is 18.8. The maximum atomic E-state index is 12.3. The van der Waals surface area contributed by atoms with Crippen molar-refractivity contribution in [3.05, 3.63) is 95.6 Å². The largest absolute Gasteiger partial charge is 0.497 e. The molecule has 1 aliphatic heterocycles. The topological polar surface area (TPSA) is 83.1 Å². The lowest BCUT2D eigenvalue weighted by molar-refractivity contribution is -0.148. The molecule has 202 valence electrons. The van der Waals surface area contributed by atoms with Crippen LogP contribution in [0.15, 0.2) is 78.9 Å². The SMILES string of the molecule is [B]C1CC(NC(c2ccccc2)(c2ccc(OC)cc2)c2ccc(OC)cc2)C(COC(=O)CCC(C)=O)O1. The lowest BCUT2D eigenvalue weighted by Gasteiger charge is -2.40. The van der Waals surface area contributed by atoms with E-state index in [1.807, 2.05) is 66.7 Å². The molecule has 0 aliphatic carbocycles. The normalized spacial score (nSPS) is 18.9. The van der Waals surface area contributed by atoms with Crippen molar-refractivity contribution in [2.24, 2.45) is 0 Å². The minimum Gasteiger partial charge on any atom is -0.497 e. The van der Waals surface area contributed by atoms with Crippen LogP contribution in [0, 0.1) is 0 Å². The summed E-state index contributed by atoms with van der Waals surface area (Å²) in [4.78, 5) is 23.5. The average molecular weight is 527 g/mol.